The maximum atomic E-state index is 9.91. The van der Waals surface area contributed by atoms with Crippen molar-refractivity contribution in [1.82, 2.24) is 9.78 Å². The summed E-state index contributed by atoms with van der Waals surface area (Å²) in [4.78, 5) is 0. The number of hydrogen-bond donors (Lipinski definition) is 1. The number of nitrogens with zero attached hydrogens (tertiary/aromatic N) is 2. The van der Waals surface area contributed by atoms with Gasteiger partial charge in [0, 0.05) is 18.8 Å². The van der Waals surface area contributed by atoms with E-state index < -0.39 is 12.2 Å². The van der Waals surface area contributed by atoms with Crippen molar-refractivity contribution in [1.29, 1.82) is 0 Å². The summed E-state index contributed by atoms with van der Waals surface area (Å²) in [6.45, 7) is 0.713. The molecule has 0 fully saturated rings. The first kappa shape index (κ1) is 18.3. The predicted octanol–water partition coefficient (Wildman–Crippen LogP) is 3.26. The Morgan fingerprint density at radius 2 is 1.50 bits per heavy atom. The van der Waals surface area contributed by atoms with Crippen LogP contribution in [0.15, 0.2) is 73.1 Å². The van der Waals surface area contributed by atoms with Crippen LogP contribution in [0.1, 0.15) is 22.8 Å². The van der Waals surface area contributed by atoms with Gasteiger partial charge in [-0.05, 0) is 11.1 Å². The summed E-state index contributed by atoms with van der Waals surface area (Å²) in [6.07, 6.45) is 2.76. The van der Waals surface area contributed by atoms with Crippen molar-refractivity contribution in [2.75, 3.05) is 6.61 Å². The van der Waals surface area contributed by atoms with E-state index in [-0.39, 0.29) is 6.61 Å². The average molecular weight is 352 g/mol. The molecular weight excluding hydrogens is 328 g/mol. The van der Waals surface area contributed by atoms with E-state index in [9.17, 15) is 5.11 Å². The number of hydrogen-bond acceptors (Lipinski definition) is 4. The van der Waals surface area contributed by atoms with Crippen LogP contribution in [0, 0.1) is 0 Å². The number of rotatable bonds is 9. The van der Waals surface area contributed by atoms with Crippen LogP contribution in [-0.4, -0.2) is 27.6 Å². The van der Waals surface area contributed by atoms with E-state index in [1.807, 2.05) is 73.9 Å². The molecule has 0 spiro atoms. The van der Waals surface area contributed by atoms with Crippen molar-refractivity contribution in [3.63, 3.8) is 0 Å². The zero-order valence-electron chi connectivity index (χ0n) is 14.9. The summed E-state index contributed by atoms with van der Waals surface area (Å²) >= 11 is 0. The van der Waals surface area contributed by atoms with Crippen LogP contribution in [0.5, 0.6) is 0 Å². The van der Waals surface area contributed by atoms with Crippen molar-refractivity contribution in [3.8, 4) is 0 Å². The van der Waals surface area contributed by atoms with Gasteiger partial charge in [-0.15, -0.1) is 0 Å². The Kier molecular flexibility index (Phi) is 6.55. The largest absolute Gasteiger partial charge is 0.394 e. The second-order valence-electron chi connectivity index (χ2n) is 6.18. The molecule has 0 unspecified atom stereocenters. The molecule has 5 heteroatoms. The Bertz CT molecular complexity index is 774. The Morgan fingerprint density at radius 3 is 2.00 bits per heavy atom. The zero-order valence-corrected chi connectivity index (χ0v) is 14.9. The van der Waals surface area contributed by atoms with Crippen molar-refractivity contribution < 1.29 is 14.6 Å². The van der Waals surface area contributed by atoms with Gasteiger partial charge in [-0.25, -0.2) is 0 Å². The van der Waals surface area contributed by atoms with E-state index >= 15 is 0 Å². The third kappa shape index (κ3) is 5.02. The number of aliphatic hydroxyl groups excluding tert-OH is 1. The second-order valence-corrected chi connectivity index (χ2v) is 6.18. The van der Waals surface area contributed by atoms with Gasteiger partial charge in [-0.2, -0.15) is 5.10 Å². The molecule has 0 aliphatic rings. The minimum atomic E-state index is -0.483. The standard InChI is InChI=1S/C21H24N2O3/c1-23-13-19(12-22-23)21(26-16-18-10-6-3-7-11-18)20(14-24)25-15-17-8-4-2-5-9-17/h2-13,20-21,24H,14-16H2,1H3/t20-,21-/m1/s1. The third-order valence-electron chi connectivity index (χ3n) is 4.15. The molecule has 136 valence electrons. The first-order chi connectivity index (χ1) is 12.8. The predicted molar refractivity (Wildman–Crippen MR) is 99.3 cm³/mol. The summed E-state index contributed by atoms with van der Waals surface area (Å²) in [6, 6.07) is 19.9. The lowest BCUT2D eigenvalue weighted by molar-refractivity contribution is -0.106. The van der Waals surface area contributed by atoms with Crippen LogP contribution < -0.4 is 0 Å². The van der Waals surface area contributed by atoms with Crippen LogP contribution in [-0.2, 0) is 29.7 Å². The lowest BCUT2D eigenvalue weighted by Gasteiger charge is -2.25. The Balaban J connectivity index is 1.71. The van der Waals surface area contributed by atoms with E-state index in [2.05, 4.69) is 5.10 Å². The summed E-state index contributed by atoms with van der Waals surface area (Å²) in [5.41, 5.74) is 3.01. The Hall–Kier alpha value is -2.47. The molecule has 0 aliphatic heterocycles. The molecular formula is C21H24N2O3. The third-order valence-corrected chi connectivity index (χ3v) is 4.15. The Labute approximate surface area is 153 Å². The Morgan fingerprint density at radius 1 is 0.923 bits per heavy atom. The molecule has 2 atom stereocenters. The van der Waals surface area contributed by atoms with E-state index in [1.54, 1.807) is 10.9 Å². The molecule has 0 radical (unpaired) electrons. The second kappa shape index (κ2) is 9.29. The van der Waals surface area contributed by atoms with Crippen LogP contribution in [0.3, 0.4) is 0 Å². The van der Waals surface area contributed by atoms with Gasteiger partial charge in [0.25, 0.3) is 0 Å². The van der Waals surface area contributed by atoms with E-state index in [1.165, 1.54) is 0 Å². The summed E-state index contributed by atoms with van der Waals surface area (Å²) in [5, 5.41) is 14.1. The molecule has 1 aromatic heterocycles. The van der Waals surface area contributed by atoms with Gasteiger partial charge >= 0.3 is 0 Å². The van der Waals surface area contributed by atoms with Crippen molar-refractivity contribution in [2.24, 2.45) is 7.05 Å². The monoisotopic (exact) mass is 352 g/mol. The molecule has 3 aromatic rings. The molecule has 26 heavy (non-hydrogen) atoms. The van der Waals surface area contributed by atoms with Gasteiger partial charge in [0.15, 0.2) is 0 Å². The average Bonchev–Trinajstić information content (AvgIpc) is 3.12. The summed E-state index contributed by atoms with van der Waals surface area (Å²) in [5.74, 6) is 0. The minimum absolute atomic E-state index is 0.138. The number of benzene rings is 2. The van der Waals surface area contributed by atoms with E-state index in [4.69, 9.17) is 9.47 Å². The molecule has 0 bridgehead atoms. The van der Waals surface area contributed by atoms with Crippen LogP contribution in [0.2, 0.25) is 0 Å². The molecule has 0 saturated carbocycles. The number of aliphatic hydroxyl groups is 1. The van der Waals surface area contributed by atoms with Gasteiger partial charge in [0.2, 0.25) is 0 Å². The van der Waals surface area contributed by atoms with Crippen LogP contribution >= 0.6 is 0 Å². The zero-order chi connectivity index (χ0) is 18.2. The first-order valence-electron chi connectivity index (χ1n) is 8.66. The maximum Gasteiger partial charge on any atom is 0.114 e. The highest BCUT2D eigenvalue weighted by molar-refractivity contribution is 5.16. The van der Waals surface area contributed by atoms with Gasteiger partial charge in [0.05, 0.1) is 26.0 Å². The molecule has 1 heterocycles. The number of ether oxygens (including phenoxy) is 2. The van der Waals surface area contributed by atoms with Crippen LogP contribution in [0.25, 0.3) is 0 Å². The van der Waals surface area contributed by atoms with Crippen LogP contribution in [0.4, 0.5) is 0 Å². The van der Waals surface area contributed by atoms with Crippen molar-refractivity contribution in [2.45, 2.75) is 25.4 Å². The van der Waals surface area contributed by atoms with Gasteiger partial charge in [-0.3, -0.25) is 4.68 Å². The number of aromatic nitrogens is 2. The van der Waals surface area contributed by atoms with Crippen molar-refractivity contribution >= 4 is 0 Å². The van der Waals surface area contributed by atoms with Gasteiger partial charge < -0.3 is 14.6 Å². The minimum Gasteiger partial charge on any atom is -0.394 e. The highest BCUT2D eigenvalue weighted by atomic mass is 16.5. The maximum absolute atomic E-state index is 9.91. The van der Waals surface area contributed by atoms with Gasteiger partial charge in [0.1, 0.15) is 12.2 Å². The highest BCUT2D eigenvalue weighted by Gasteiger charge is 2.26. The summed E-state index contributed by atoms with van der Waals surface area (Å²) < 4.78 is 13.8. The molecule has 2 aromatic carbocycles. The molecule has 0 aliphatic carbocycles. The first-order valence-corrected chi connectivity index (χ1v) is 8.66. The molecule has 0 amide bonds. The molecule has 3 rings (SSSR count). The van der Waals surface area contributed by atoms with Gasteiger partial charge in [-0.1, -0.05) is 60.7 Å². The number of aryl methyl sites for hydroxylation is 1. The lowest BCUT2D eigenvalue weighted by Crippen LogP contribution is -2.28. The molecule has 5 nitrogen and oxygen atoms in total. The highest BCUT2D eigenvalue weighted by Crippen LogP contribution is 2.25. The fraction of sp³-hybridized carbons (Fsp3) is 0.286. The molecule has 0 saturated heterocycles. The fourth-order valence-corrected chi connectivity index (χ4v) is 2.78. The SMILES string of the molecule is Cn1cc([C@@H](OCc2ccccc2)[C@@H](CO)OCc2ccccc2)cn1. The molecule has 1 N–H and O–H groups in total. The topological polar surface area (TPSA) is 56.5 Å². The quantitative estimate of drug-likeness (QED) is 0.642. The summed E-state index contributed by atoms with van der Waals surface area (Å²) in [7, 11) is 1.86. The van der Waals surface area contributed by atoms with Crippen molar-refractivity contribution in [3.05, 3.63) is 89.7 Å². The van der Waals surface area contributed by atoms with E-state index in [0.29, 0.717) is 13.2 Å². The normalized spacial score (nSPS) is 13.5. The smallest absolute Gasteiger partial charge is 0.114 e. The van der Waals surface area contributed by atoms with E-state index in [0.717, 1.165) is 16.7 Å². The lowest BCUT2D eigenvalue weighted by atomic mass is 10.1. The fourth-order valence-electron chi connectivity index (χ4n) is 2.78.